The van der Waals surface area contributed by atoms with Crippen molar-refractivity contribution in [3.8, 4) is 0 Å². The summed E-state index contributed by atoms with van der Waals surface area (Å²) >= 11 is 0. The lowest BCUT2D eigenvalue weighted by atomic mass is 10.4. The van der Waals surface area contributed by atoms with Gasteiger partial charge in [0.25, 0.3) is 0 Å². The minimum Gasteiger partial charge on any atom is -0.373 e. The van der Waals surface area contributed by atoms with Gasteiger partial charge in [-0.15, -0.1) is 0 Å². The zero-order valence-electron chi connectivity index (χ0n) is 18.3. The Kier molecular flexibility index (Phi) is 12.6. The molecule has 0 N–H and O–H groups in total. The smallest absolute Gasteiger partial charge is 0.354 e. The van der Waals surface area contributed by atoms with E-state index < -0.39 is 32.6 Å². The largest absolute Gasteiger partial charge is 0.373 e. The second-order valence-corrected chi connectivity index (χ2v) is 21.3. The van der Waals surface area contributed by atoms with E-state index in [9.17, 15) is 4.57 Å². The van der Waals surface area contributed by atoms with E-state index in [1.807, 2.05) is 6.92 Å². The van der Waals surface area contributed by atoms with Crippen molar-refractivity contribution >= 4 is 32.6 Å². The summed E-state index contributed by atoms with van der Waals surface area (Å²) in [5, 5.41) is 0.834. The van der Waals surface area contributed by atoms with Gasteiger partial charge in [-0.2, -0.15) is 0 Å². The highest BCUT2D eigenvalue weighted by Crippen LogP contribution is 2.58. The molecule has 26 heavy (non-hydrogen) atoms. The maximum absolute atomic E-state index is 13.2. The molecule has 156 valence electrons. The first-order chi connectivity index (χ1) is 11.8. The molecule has 0 unspecified atom stereocenters. The molecule has 0 spiro atoms. The van der Waals surface area contributed by atoms with Crippen molar-refractivity contribution in [2.24, 2.45) is 0 Å². The number of hydrogen-bond acceptors (Lipinski definition) is 5. The van der Waals surface area contributed by atoms with Crippen molar-refractivity contribution < 1.29 is 22.0 Å². The van der Waals surface area contributed by atoms with Crippen LogP contribution in [0.1, 0.15) is 46.5 Å². The molecule has 9 heteroatoms. The Bertz CT molecular complexity index is 443. The normalized spacial score (nSPS) is 14.3. The van der Waals surface area contributed by atoms with Gasteiger partial charge in [0.2, 0.25) is 0 Å². The van der Waals surface area contributed by atoms with E-state index in [0.717, 1.165) is 31.0 Å². The molecule has 5 nitrogen and oxygen atoms in total. The van der Waals surface area contributed by atoms with E-state index in [-0.39, 0.29) is 0 Å². The third-order valence-electron chi connectivity index (χ3n) is 2.88. The van der Waals surface area contributed by atoms with Gasteiger partial charge in [0.1, 0.15) is 0 Å². The molecule has 0 aromatic heterocycles. The Morgan fingerprint density at radius 2 is 1.27 bits per heavy atom. The van der Waals surface area contributed by atoms with Crippen LogP contribution in [0.2, 0.25) is 39.3 Å². The van der Waals surface area contributed by atoms with Crippen molar-refractivity contribution in [3.05, 3.63) is 11.1 Å². The van der Waals surface area contributed by atoms with Crippen LogP contribution in [0.15, 0.2) is 11.1 Å². The van der Waals surface area contributed by atoms with Crippen LogP contribution in [0.3, 0.4) is 0 Å². The minimum atomic E-state index is -3.29. The predicted octanol–water partition coefficient (Wildman–Crippen LogP) is 7.69. The third-order valence-corrected chi connectivity index (χ3v) is 11.3. The number of hydrogen-bond donors (Lipinski definition) is 0. The quantitative estimate of drug-likeness (QED) is 0.157. The molecule has 0 aliphatic heterocycles. The lowest BCUT2D eigenvalue weighted by Crippen LogP contribution is -2.28. The van der Waals surface area contributed by atoms with Gasteiger partial charge in [0.05, 0.1) is 13.2 Å². The standard InChI is InChI=1S/C17H40O5P2Si2/c1-10-12-14-19-24(18,20-15-13-11-2)16-17(3)23(21-25(4,5)6)22-26(7,8)9/h16H,10-15H2,1-9H3/b17-16+. The summed E-state index contributed by atoms with van der Waals surface area (Å²) in [6, 6.07) is 0. The van der Waals surface area contributed by atoms with Crippen LogP contribution in [0.25, 0.3) is 0 Å². The van der Waals surface area contributed by atoms with Crippen LogP contribution in [-0.2, 0) is 22.0 Å². The molecular formula is C17H40O5P2Si2. The Morgan fingerprint density at radius 3 is 1.58 bits per heavy atom. The molecule has 0 amide bonds. The average Bonchev–Trinajstić information content (AvgIpc) is 2.44. The summed E-state index contributed by atoms with van der Waals surface area (Å²) in [5.41, 5.74) is 0. The molecule has 0 saturated heterocycles. The lowest BCUT2D eigenvalue weighted by Gasteiger charge is -2.31. The van der Waals surface area contributed by atoms with Gasteiger partial charge in [-0.05, 0) is 59.0 Å². The van der Waals surface area contributed by atoms with Crippen molar-refractivity contribution in [2.75, 3.05) is 13.2 Å². The van der Waals surface area contributed by atoms with E-state index in [1.54, 1.807) is 5.82 Å². The number of rotatable bonds is 14. The highest BCUT2D eigenvalue weighted by molar-refractivity contribution is 7.60. The number of allylic oxidation sites excluding steroid dienone is 1. The van der Waals surface area contributed by atoms with Gasteiger partial charge in [-0.3, -0.25) is 4.57 Å². The first-order valence-corrected chi connectivity index (χ1v) is 19.2. The average molecular weight is 443 g/mol. The SMILES string of the molecule is CCCCOP(=O)(/C=C(\C)P(O[Si](C)(C)C)O[Si](C)(C)C)OCCCC. The monoisotopic (exact) mass is 442 g/mol. The molecular weight excluding hydrogens is 402 g/mol. The molecule has 0 bridgehead atoms. The van der Waals surface area contributed by atoms with Gasteiger partial charge in [-0.1, -0.05) is 26.7 Å². The zero-order chi connectivity index (χ0) is 20.4. The molecule has 0 radical (unpaired) electrons. The van der Waals surface area contributed by atoms with Crippen LogP contribution in [-0.4, -0.2) is 29.8 Å². The fourth-order valence-electron chi connectivity index (χ4n) is 1.72. The summed E-state index contributed by atoms with van der Waals surface area (Å²) in [4.78, 5) is 0. The van der Waals surface area contributed by atoms with E-state index in [4.69, 9.17) is 17.5 Å². The highest BCUT2D eigenvalue weighted by Gasteiger charge is 2.31. The summed E-state index contributed by atoms with van der Waals surface area (Å²) < 4.78 is 37.1. The lowest BCUT2D eigenvalue weighted by molar-refractivity contribution is 0.207. The molecule has 0 aromatic carbocycles. The van der Waals surface area contributed by atoms with Gasteiger partial charge >= 0.3 is 7.60 Å². The molecule has 0 aromatic rings. The first-order valence-electron chi connectivity index (χ1n) is 9.58. The predicted molar refractivity (Wildman–Crippen MR) is 119 cm³/mol. The highest BCUT2D eigenvalue weighted by atomic mass is 31.2. The van der Waals surface area contributed by atoms with Crippen LogP contribution in [0.5, 0.6) is 0 Å². The maximum Gasteiger partial charge on any atom is 0.354 e. The first kappa shape index (κ1) is 26.7. The molecule has 0 aliphatic carbocycles. The van der Waals surface area contributed by atoms with E-state index >= 15 is 0 Å². The van der Waals surface area contributed by atoms with Crippen LogP contribution in [0.4, 0.5) is 0 Å². The van der Waals surface area contributed by atoms with Crippen LogP contribution in [0, 0.1) is 0 Å². The van der Waals surface area contributed by atoms with Gasteiger partial charge in [-0.25, -0.2) is 0 Å². The van der Waals surface area contributed by atoms with Gasteiger partial charge in [0, 0.05) is 11.1 Å². The Labute approximate surface area is 164 Å². The molecule has 0 aliphatic rings. The summed E-state index contributed by atoms with van der Waals surface area (Å²) in [5.74, 6) is 1.64. The van der Waals surface area contributed by atoms with Crippen molar-refractivity contribution in [1.82, 2.24) is 0 Å². The second-order valence-electron chi connectivity index (χ2n) is 8.35. The third kappa shape index (κ3) is 13.8. The van der Waals surface area contributed by atoms with E-state index in [2.05, 4.69) is 53.1 Å². The fourth-order valence-corrected chi connectivity index (χ4v) is 9.59. The van der Waals surface area contributed by atoms with Gasteiger partial charge < -0.3 is 17.5 Å². The summed E-state index contributed by atoms with van der Waals surface area (Å²) in [6.07, 6.45) is 3.70. The van der Waals surface area contributed by atoms with Crippen LogP contribution < -0.4 is 0 Å². The Morgan fingerprint density at radius 1 is 0.885 bits per heavy atom. The maximum atomic E-state index is 13.2. The van der Waals surface area contributed by atoms with Gasteiger partial charge in [0.15, 0.2) is 25.0 Å². The van der Waals surface area contributed by atoms with Crippen molar-refractivity contribution in [1.29, 1.82) is 0 Å². The van der Waals surface area contributed by atoms with Crippen molar-refractivity contribution in [2.45, 2.75) is 85.7 Å². The minimum absolute atomic E-state index is 0.436. The summed E-state index contributed by atoms with van der Waals surface area (Å²) in [7, 11) is -8.16. The number of unbranched alkanes of at least 4 members (excludes halogenated alkanes) is 2. The molecule has 0 atom stereocenters. The Hall–Kier alpha value is 0.674. The molecule has 0 fully saturated rings. The molecule has 0 saturated carbocycles. The Balaban J connectivity index is 5.45. The van der Waals surface area contributed by atoms with E-state index in [0.29, 0.717) is 13.2 Å². The zero-order valence-corrected chi connectivity index (χ0v) is 22.0. The van der Waals surface area contributed by atoms with Crippen LogP contribution >= 0.6 is 16.0 Å². The molecule has 0 heterocycles. The fraction of sp³-hybridized carbons (Fsp3) is 0.882. The van der Waals surface area contributed by atoms with E-state index in [1.165, 1.54) is 0 Å². The summed E-state index contributed by atoms with van der Waals surface area (Å²) in [6.45, 7) is 19.8. The topological polar surface area (TPSA) is 54.0 Å². The second kappa shape index (κ2) is 12.3. The van der Waals surface area contributed by atoms with Crippen molar-refractivity contribution in [3.63, 3.8) is 0 Å². The molecule has 0 rings (SSSR count).